The van der Waals surface area contributed by atoms with Gasteiger partial charge in [-0.2, -0.15) is 0 Å². The zero-order valence-electron chi connectivity index (χ0n) is 31.8. The topological polar surface area (TPSA) is 302 Å². The van der Waals surface area contributed by atoms with Gasteiger partial charge in [0.1, 0.15) is 29.4 Å². The van der Waals surface area contributed by atoms with E-state index in [0.717, 1.165) is 20.9 Å². The first kappa shape index (κ1) is 42.9. The molecule has 8 N–H and O–H groups in total. The molecule has 22 heteroatoms. The number of hydrogen-bond donors (Lipinski definition) is 8. The summed E-state index contributed by atoms with van der Waals surface area (Å²) in [6.07, 6.45) is -2.28. The number of benzene rings is 3. The fourth-order valence-corrected chi connectivity index (χ4v) is 8.45. The highest BCUT2D eigenvalue weighted by atomic mass is 32.2. The van der Waals surface area contributed by atoms with Crippen molar-refractivity contribution >= 4 is 48.1 Å². The number of nitrogens with one attached hydrogen (secondary N) is 2. The van der Waals surface area contributed by atoms with Crippen LogP contribution in [0.15, 0.2) is 90.6 Å². The number of phosphoric ester groups is 1. The quantitative estimate of drug-likeness (QED) is 0.0313. The summed E-state index contributed by atoms with van der Waals surface area (Å²) in [7, 11) is -4.66. The Labute approximate surface area is 347 Å². The number of aromatic amines is 1. The molecule has 20 nitrogen and oxygen atoms in total. The summed E-state index contributed by atoms with van der Waals surface area (Å²) >= 11 is 0.955. The monoisotopic (exact) mass is 880 g/mol. The zero-order chi connectivity index (χ0) is 43.7. The molecule has 1 aliphatic carbocycles. The van der Waals surface area contributed by atoms with Gasteiger partial charge < -0.3 is 44.9 Å². The number of fused-ring (bicyclic) bond motifs is 2. The van der Waals surface area contributed by atoms with Gasteiger partial charge in [0.15, 0.2) is 11.3 Å². The lowest BCUT2D eigenvalue weighted by atomic mass is 9.90. The fourth-order valence-electron chi connectivity index (χ4n) is 6.78. The number of aliphatic hydroxyl groups excluding tert-OH is 1. The van der Waals surface area contributed by atoms with E-state index < -0.39 is 61.9 Å². The van der Waals surface area contributed by atoms with Crippen molar-refractivity contribution in [2.75, 3.05) is 24.3 Å². The number of anilines is 1. The molecule has 1 unspecified atom stereocenters. The number of aromatic hydroxyl groups is 3. The highest BCUT2D eigenvalue weighted by Crippen LogP contribution is 2.45. The van der Waals surface area contributed by atoms with Crippen LogP contribution in [0.25, 0.3) is 33.4 Å². The molecule has 61 heavy (non-hydrogen) atoms. The summed E-state index contributed by atoms with van der Waals surface area (Å²) in [5.41, 5.74) is -0.147. The molecule has 1 saturated heterocycles. The van der Waals surface area contributed by atoms with E-state index in [1.807, 2.05) is 0 Å². The first-order chi connectivity index (χ1) is 29.0. The molecule has 2 aromatic carbocycles. The fraction of sp³-hybridized carbons (Fsp3) is 0.256. The van der Waals surface area contributed by atoms with Gasteiger partial charge in [-0.05, 0) is 48.9 Å². The van der Waals surface area contributed by atoms with Crippen LogP contribution in [0.5, 0.6) is 17.5 Å². The molecule has 4 aromatic rings. The summed E-state index contributed by atoms with van der Waals surface area (Å²) < 4.78 is 36.1. The minimum Gasteiger partial charge on any atom is -0.508 e. The summed E-state index contributed by atoms with van der Waals surface area (Å²) in [5.74, 6) is -2.62. The van der Waals surface area contributed by atoms with Gasteiger partial charge in [0.2, 0.25) is 11.8 Å². The number of aromatic nitrogens is 3. The number of carbonyl (C=O) groups excluding carboxylic acids is 1. The molecule has 0 radical (unpaired) electrons. The van der Waals surface area contributed by atoms with E-state index >= 15 is 0 Å². The van der Waals surface area contributed by atoms with Crippen LogP contribution in [0.4, 0.5) is 5.69 Å². The Morgan fingerprint density at radius 2 is 1.79 bits per heavy atom. The Balaban J connectivity index is 0.928. The van der Waals surface area contributed by atoms with E-state index in [0.29, 0.717) is 16.5 Å². The van der Waals surface area contributed by atoms with Crippen molar-refractivity contribution in [1.29, 1.82) is 0 Å². The van der Waals surface area contributed by atoms with Gasteiger partial charge >= 0.3 is 19.5 Å². The van der Waals surface area contributed by atoms with Crippen molar-refractivity contribution in [2.24, 2.45) is 0 Å². The first-order valence-electron chi connectivity index (χ1n) is 18.4. The summed E-state index contributed by atoms with van der Waals surface area (Å²) in [5, 5.41) is 55.0. The molecule has 3 aliphatic rings. The lowest BCUT2D eigenvalue weighted by Crippen LogP contribution is -2.33. The Bertz CT molecular complexity index is 2870. The maximum Gasteiger partial charge on any atom is 0.472 e. The van der Waals surface area contributed by atoms with E-state index in [1.54, 1.807) is 6.07 Å². The Morgan fingerprint density at radius 3 is 2.56 bits per heavy atom. The number of hydrogen-bond acceptors (Lipinski definition) is 15. The van der Waals surface area contributed by atoms with Crippen molar-refractivity contribution in [1.82, 2.24) is 14.1 Å². The standard InChI is InChI=1S/C39H37N4O16PS/c1-19-17-43(39(53)41-36(19)49)34-15-27(46)30(59-34)18-57-60(54,55)56-10-11-61-31-16-33(48)42(37(31)50)9-8-32(47)40-20-2-5-23(26(12-20)38(51)52)35-24-6-3-21(44)13-28(24)58-29-14-22(45)4-7-25(29)35/h2-7,12-14,16-17,27,30,34,44,46,48,50H,8-11,15,18H2,1H3,(H,40,47)(H,51,52)(H,54,55)(H,41,49,53)/t27-,30-,34-/m1/s1. The van der Waals surface area contributed by atoms with E-state index in [9.17, 15) is 59.0 Å². The van der Waals surface area contributed by atoms with Gasteiger partial charge in [0.25, 0.3) is 5.56 Å². The second-order valence-corrected chi connectivity index (χ2v) is 16.5. The smallest absolute Gasteiger partial charge is 0.472 e. The number of carboxylic acid groups (broad SMARTS) is 1. The predicted molar refractivity (Wildman–Crippen MR) is 217 cm³/mol. The number of phenols is 1. The van der Waals surface area contributed by atoms with E-state index in [-0.39, 0.29) is 87.4 Å². The lowest BCUT2D eigenvalue weighted by molar-refractivity contribution is -0.116. The average molecular weight is 881 g/mol. The molecule has 320 valence electrons. The number of carbonyl (C=O) groups is 2. The number of aromatic carboxylic acids is 1. The van der Waals surface area contributed by atoms with Crippen LogP contribution in [0.3, 0.4) is 0 Å². The van der Waals surface area contributed by atoms with Crippen molar-refractivity contribution in [3.8, 4) is 40.0 Å². The molecular formula is C39H37N4O16PS. The van der Waals surface area contributed by atoms with Crippen LogP contribution >= 0.6 is 19.6 Å². The largest absolute Gasteiger partial charge is 0.508 e. The summed E-state index contributed by atoms with van der Waals surface area (Å²) in [4.78, 5) is 74.0. The van der Waals surface area contributed by atoms with E-state index in [4.69, 9.17) is 18.2 Å². The molecular weight excluding hydrogens is 843 g/mol. The molecule has 4 atom stereocenters. The molecule has 4 heterocycles. The number of phenolic OH excluding ortho intramolecular Hbond substituents is 1. The number of nitrogens with zero attached hydrogens (tertiary/aromatic N) is 2. The minimum absolute atomic E-state index is 0.00207. The van der Waals surface area contributed by atoms with Crippen LogP contribution in [0.2, 0.25) is 0 Å². The highest BCUT2D eigenvalue weighted by molar-refractivity contribution is 7.99. The number of phosphoric acid groups is 1. The summed E-state index contributed by atoms with van der Waals surface area (Å²) in [6, 6.07) is 13.9. The second kappa shape index (κ2) is 17.4. The van der Waals surface area contributed by atoms with Crippen molar-refractivity contribution < 1.29 is 62.8 Å². The van der Waals surface area contributed by atoms with Crippen molar-refractivity contribution in [3.63, 3.8) is 0 Å². The maximum absolute atomic E-state index is 13.0. The second-order valence-electron chi connectivity index (χ2n) is 13.9. The molecule has 0 saturated carbocycles. The molecule has 1 fully saturated rings. The molecule has 2 aliphatic heterocycles. The lowest BCUT2D eigenvalue weighted by Gasteiger charge is -2.18. The number of aliphatic hydroxyl groups is 1. The normalized spacial score (nSPS) is 17.5. The van der Waals surface area contributed by atoms with Gasteiger partial charge in [0, 0.05) is 77.3 Å². The van der Waals surface area contributed by atoms with Crippen molar-refractivity contribution in [3.05, 3.63) is 109 Å². The van der Waals surface area contributed by atoms with Crippen molar-refractivity contribution in [2.45, 2.75) is 49.6 Å². The SMILES string of the molecule is Cc1cn([C@H]2C[C@@H](O)[C@@H](COP(=O)(O)OCCSc3cc(O)n(CCC(=O)Nc4ccc(-c5c6ccc(=O)cc-6oc6cc(O)ccc56)c(C(=O)O)c4)c3O)O2)c(=O)[nH]c1=O. The van der Waals surface area contributed by atoms with Gasteiger partial charge in [0.05, 0.1) is 29.8 Å². The van der Waals surface area contributed by atoms with Gasteiger partial charge in [-0.25, -0.2) is 14.2 Å². The highest BCUT2D eigenvalue weighted by Gasteiger charge is 2.38. The maximum atomic E-state index is 13.0. The first-order valence-corrected chi connectivity index (χ1v) is 20.8. The van der Waals surface area contributed by atoms with E-state index in [2.05, 4.69) is 10.3 Å². The Kier molecular flexibility index (Phi) is 12.3. The summed E-state index contributed by atoms with van der Waals surface area (Å²) in [6.45, 7) is 0.365. The predicted octanol–water partition coefficient (Wildman–Crippen LogP) is 3.94. The number of carboxylic acids is 1. The molecule has 2 aromatic heterocycles. The third kappa shape index (κ3) is 9.42. The third-order valence-electron chi connectivity index (χ3n) is 9.71. The minimum atomic E-state index is -4.66. The van der Waals surface area contributed by atoms with Crippen LogP contribution in [0, 0.1) is 6.92 Å². The Morgan fingerprint density at radius 1 is 1.02 bits per heavy atom. The van der Waals surface area contributed by atoms with Crippen LogP contribution in [0.1, 0.15) is 35.0 Å². The van der Waals surface area contributed by atoms with Crippen LogP contribution < -0.4 is 22.0 Å². The molecule has 0 spiro atoms. The molecule has 1 amide bonds. The zero-order valence-corrected chi connectivity index (χ0v) is 33.6. The van der Waals surface area contributed by atoms with Crippen LogP contribution in [-0.2, 0) is 29.7 Å². The number of ether oxygens (including phenoxy) is 1. The van der Waals surface area contributed by atoms with Crippen LogP contribution in [-0.4, -0.2) is 87.6 Å². The molecule has 0 bridgehead atoms. The number of aryl methyl sites for hydroxylation is 1. The third-order valence-corrected chi connectivity index (χ3v) is 11.7. The number of amides is 1. The number of H-pyrrole nitrogens is 1. The van der Waals surface area contributed by atoms with Gasteiger partial charge in [-0.3, -0.25) is 37.5 Å². The Hall–Kier alpha value is -6.19. The average Bonchev–Trinajstić information content (AvgIpc) is 3.71. The van der Waals surface area contributed by atoms with Gasteiger partial charge in [-0.1, -0.05) is 6.07 Å². The number of rotatable bonds is 15. The number of thioether (sulfide) groups is 1. The van der Waals surface area contributed by atoms with Gasteiger partial charge in [-0.15, -0.1) is 11.8 Å². The molecule has 7 rings (SSSR count). The van der Waals surface area contributed by atoms with E-state index in [1.165, 1.54) is 67.7 Å².